The zero-order valence-electron chi connectivity index (χ0n) is 26.4. The van der Waals surface area contributed by atoms with Crippen LogP contribution in [0.3, 0.4) is 0 Å². The number of fused-ring (bicyclic) bond motifs is 8. The molecule has 6 aromatic carbocycles. The summed E-state index contributed by atoms with van der Waals surface area (Å²) in [6, 6.07) is 54.7. The van der Waals surface area contributed by atoms with Gasteiger partial charge in [-0.15, -0.1) is 0 Å². The quantitative estimate of drug-likeness (QED) is 0.190. The van der Waals surface area contributed by atoms with Crippen LogP contribution >= 0.6 is 0 Å². The van der Waals surface area contributed by atoms with Crippen LogP contribution < -0.4 is 4.74 Å². The summed E-state index contributed by atoms with van der Waals surface area (Å²) in [6.45, 7) is 0. The standard InChI is InChI=1S/C44H28N4O/c1-2-14-32(15-3-1)47-38-18-7-6-17-35(38)43-39(47)22-23-40-44(43)36-21-20-34(27-41(36)48(40)42-19-8-9-24-45-42)49-33-16-10-13-30(25-33)37-26-29-11-4-5-12-31(29)28-46-37/h1-28H. The van der Waals surface area contributed by atoms with E-state index in [0.29, 0.717) is 0 Å². The van der Waals surface area contributed by atoms with Crippen molar-refractivity contribution in [3.05, 3.63) is 170 Å². The third kappa shape index (κ3) is 4.40. The molecule has 5 heteroatoms. The Balaban J connectivity index is 1.17. The largest absolute Gasteiger partial charge is 0.457 e. The van der Waals surface area contributed by atoms with Crippen LogP contribution in [-0.4, -0.2) is 19.1 Å². The van der Waals surface area contributed by atoms with E-state index in [0.717, 1.165) is 61.5 Å². The van der Waals surface area contributed by atoms with E-state index in [9.17, 15) is 0 Å². The lowest BCUT2D eigenvalue weighted by Gasteiger charge is -2.10. The Bertz CT molecular complexity index is 2850. The van der Waals surface area contributed by atoms with E-state index in [1.807, 2.05) is 42.7 Å². The van der Waals surface area contributed by atoms with Gasteiger partial charge < -0.3 is 9.30 Å². The predicted molar refractivity (Wildman–Crippen MR) is 200 cm³/mol. The van der Waals surface area contributed by atoms with Crippen molar-refractivity contribution in [3.8, 4) is 34.3 Å². The van der Waals surface area contributed by atoms with Crippen LogP contribution in [0.5, 0.6) is 11.5 Å². The SMILES string of the molecule is c1ccc(-n2c3ccccc3c3c4c5ccc(Oc6cccc(-c7cc8ccccc8cn7)c6)cc5n(-c5ccccn5)c4ccc32)cc1. The van der Waals surface area contributed by atoms with Gasteiger partial charge in [0, 0.05) is 56.6 Å². The lowest BCUT2D eigenvalue weighted by Crippen LogP contribution is -1.97. The van der Waals surface area contributed by atoms with Gasteiger partial charge in [0.25, 0.3) is 0 Å². The fourth-order valence-electron chi connectivity index (χ4n) is 7.29. The summed E-state index contributed by atoms with van der Waals surface area (Å²) in [5, 5.41) is 7.06. The molecule has 49 heavy (non-hydrogen) atoms. The predicted octanol–water partition coefficient (Wildman–Crippen LogP) is 11.3. The first-order valence-electron chi connectivity index (χ1n) is 16.4. The molecule has 0 N–H and O–H groups in total. The molecule has 0 saturated carbocycles. The number of rotatable bonds is 5. The van der Waals surface area contributed by atoms with E-state index in [1.54, 1.807) is 0 Å². The monoisotopic (exact) mass is 628 g/mol. The van der Waals surface area contributed by atoms with Crippen molar-refractivity contribution in [2.45, 2.75) is 0 Å². The molecule has 10 aromatic rings. The topological polar surface area (TPSA) is 44.9 Å². The second kappa shape index (κ2) is 10.9. The molecule has 10 rings (SSSR count). The van der Waals surface area contributed by atoms with Crippen molar-refractivity contribution in [3.63, 3.8) is 0 Å². The molecule has 0 bridgehead atoms. The number of aromatic nitrogens is 4. The Hall–Kier alpha value is -6.72. The molecule has 0 aliphatic heterocycles. The Morgan fingerprint density at radius 1 is 0.449 bits per heavy atom. The van der Waals surface area contributed by atoms with Crippen molar-refractivity contribution in [1.82, 2.24) is 19.1 Å². The third-order valence-electron chi connectivity index (χ3n) is 9.43. The normalized spacial score (nSPS) is 11.7. The Morgan fingerprint density at radius 2 is 1.18 bits per heavy atom. The molecule has 5 nitrogen and oxygen atoms in total. The van der Waals surface area contributed by atoms with E-state index < -0.39 is 0 Å². The highest BCUT2D eigenvalue weighted by molar-refractivity contribution is 6.29. The molecule has 0 fully saturated rings. The van der Waals surface area contributed by atoms with Crippen LogP contribution in [0.25, 0.3) is 77.1 Å². The molecule has 0 saturated heterocycles. The van der Waals surface area contributed by atoms with Gasteiger partial charge in [-0.25, -0.2) is 4.98 Å². The third-order valence-corrected chi connectivity index (χ3v) is 9.43. The molecule has 0 unspecified atom stereocenters. The second-order valence-electron chi connectivity index (χ2n) is 12.3. The van der Waals surface area contributed by atoms with Crippen LogP contribution in [-0.2, 0) is 0 Å². The molecule has 230 valence electrons. The van der Waals surface area contributed by atoms with Gasteiger partial charge in [0.15, 0.2) is 0 Å². The van der Waals surface area contributed by atoms with Gasteiger partial charge in [-0.1, -0.05) is 78.9 Å². The lowest BCUT2D eigenvalue weighted by atomic mass is 10.1. The number of ether oxygens (including phenoxy) is 1. The minimum atomic E-state index is 0.749. The average molecular weight is 629 g/mol. The molecule has 0 atom stereocenters. The van der Waals surface area contributed by atoms with E-state index in [-0.39, 0.29) is 0 Å². The highest BCUT2D eigenvalue weighted by atomic mass is 16.5. The number of hydrogen-bond acceptors (Lipinski definition) is 3. The molecular weight excluding hydrogens is 601 g/mol. The van der Waals surface area contributed by atoms with E-state index in [2.05, 4.69) is 137 Å². The van der Waals surface area contributed by atoms with Gasteiger partial charge in [0.1, 0.15) is 17.3 Å². The fourth-order valence-corrected chi connectivity index (χ4v) is 7.29. The summed E-state index contributed by atoms with van der Waals surface area (Å²) in [5.74, 6) is 2.36. The first-order chi connectivity index (χ1) is 24.3. The van der Waals surface area contributed by atoms with Crippen molar-refractivity contribution >= 4 is 54.4 Å². The Morgan fingerprint density at radius 3 is 2.04 bits per heavy atom. The molecular formula is C44H28N4O. The second-order valence-corrected chi connectivity index (χ2v) is 12.3. The van der Waals surface area contributed by atoms with Gasteiger partial charge >= 0.3 is 0 Å². The highest BCUT2D eigenvalue weighted by Crippen LogP contribution is 2.43. The maximum absolute atomic E-state index is 6.58. The lowest BCUT2D eigenvalue weighted by molar-refractivity contribution is 0.483. The van der Waals surface area contributed by atoms with Crippen LogP contribution in [0.2, 0.25) is 0 Å². The van der Waals surface area contributed by atoms with Gasteiger partial charge in [0.2, 0.25) is 0 Å². The minimum Gasteiger partial charge on any atom is -0.457 e. The molecule has 0 aliphatic rings. The molecule has 0 radical (unpaired) electrons. The van der Waals surface area contributed by atoms with Crippen molar-refractivity contribution in [2.75, 3.05) is 0 Å². The van der Waals surface area contributed by atoms with Crippen LogP contribution in [0.4, 0.5) is 0 Å². The van der Waals surface area contributed by atoms with Gasteiger partial charge in [-0.05, 0) is 78.2 Å². The Labute approximate surface area is 281 Å². The van der Waals surface area contributed by atoms with E-state index in [4.69, 9.17) is 14.7 Å². The summed E-state index contributed by atoms with van der Waals surface area (Å²) >= 11 is 0. The molecule has 4 heterocycles. The van der Waals surface area contributed by atoms with Gasteiger partial charge in [-0.2, -0.15) is 0 Å². The minimum absolute atomic E-state index is 0.749. The van der Waals surface area contributed by atoms with Crippen LogP contribution in [0.1, 0.15) is 0 Å². The summed E-state index contributed by atoms with van der Waals surface area (Å²) in [4.78, 5) is 9.54. The van der Waals surface area contributed by atoms with Crippen molar-refractivity contribution in [2.24, 2.45) is 0 Å². The maximum Gasteiger partial charge on any atom is 0.137 e. The highest BCUT2D eigenvalue weighted by Gasteiger charge is 2.21. The van der Waals surface area contributed by atoms with Crippen LogP contribution in [0.15, 0.2) is 170 Å². The molecule has 0 amide bonds. The van der Waals surface area contributed by atoms with Crippen molar-refractivity contribution in [1.29, 1.82) is 0 Å². The van der Waals surface area contributed by atoms with Crippen molar-refractivity contribution < 1.29 is 4.74 Å². The molecule has 0 spiro atoms. The zero-order chi connectivity index (χ0) is 32.3. The number of benzene rings is 6. The molecule has 0 aliphatic carbocycles. The number of para-hydroxylation sites is 2. The summed E-state index contributed by atoms with van der Waals surface area (Å²) in [6.07, 6.45) is 3.77. The van der Waals surface area contributed by atoms with Gasteiger partial charge in [-0.3, -0.25) is 9.55 Å². The zero-order valence-corrected chi connectivity index (χ0v) is 26.4. The first kappa shape index (κ1) is 27.4. The van der Waals surface area contributed by atoms with E-state index >= 15 is 0 Å². The number of nitrogens with zero attached hydrogens (tertiary/aromatic N) is 4. The maximum atomic E-state index is 6.58. The number of hydrogen-bond donors (Lipinski definition) is 0. The van der Waals surface area contributed by atoms with E-state index in [1.165, 1.54) is 27.2 Å². The fraction of sp³-hybridized carbons (Fsp3) is 0. The van der Waals surface area contributed by atoms with Gasteiger partial charge in [0.05, 0.1) is 27.8 Å². The number of pyridine rings is 2. The molecule has 4 aromatic heterocycles. The first-order valence-corrected chi connectivity index (χ1v) is 16.4. The summed E-state index contributed by atoms with van der Waals surface area (Å²) in [7, 11) is 0. The smallest absolute Gasteiger partial charge is 0.137 e. The average Bonchev–Trinajstić information content (AvgIpc) is 3.68. The summed E-state index contributed by atoms with van der Waals surface area (Å²) in [5.41, 5.74) is 7.52. The summed E-state index contributed by atoms with van der Waals surface area (Å²) < 4.78 is 11.2. The Kier molecular flexibility index (Phi) is 6.11. The van der Waals surface area contributed by atoms with Crippen LogP contribution in [0, 0.1) is 0 Å².